The number of benzene rings is 2. The molecule has 168 valence electrons. The van der Waals surface area contributed by atoms with E-state index in [4.69, 9.17) is 4.74 Å². The van der Waals surface area contributed by atoms with Gasteiger partial charge in [-0.05, 0) is 50.6 Å². The van der Waals surface area contributed by atoms with E-state index in [1.54, 1.807) is 31.0 Å². The zero-order chi connectivity index (χ0) is 22.8. The first-order valence-electron chi connectivity index (χ1n) is 10.0. The molecule has 1 atom stereocenters. The Balaban J connectivity index is 1.96. The van der Waals surface area contributed by atoms with Crippen LogP contribution in [-0.4, -0.2) is 49.4 Å². The highest BCUT2D eigenvalue weighted by Gasteiger charge is 2.19. The zero-order valence-electron chi connectivity index (χ0n) is 17.9. The lowest BCUT2D eigenvalue weighted by Gasteiger charge is -2.21. The Morgan fingerprint density at radius 3 is 2.39 bits per heavy atom. The van der Waals surface area contributed by atoms with Crippen LogP contribution in [0.1, 0.15) is 25.0 Å². The molecule has 2 rings (SSSR count). The summed E-state index contributed by atoms with van der Waals surface area (Å²) < 4.78 is 34.9. The summed E-state index contributed by atoms with van der Waals surface area (Å²) in [7, 11) is 1.75. The zero-order valence-corrected chi connectivity index (χ0v) is 17.9. The fourth-order valence-electron chi connectivity index (χ4n) is 3.11. The van der Waals surface area contributed by atoms with Crippen LogP contribution in [0.4, 0.5) is 8.78 Å². The highest BCUT2D eigenvalue weighted by molar-refractivity contribution is 5.88. The maximum Gasteiger partial charge on any atom is 0.387 e. The molecule has 0 fully saturated rings. The number of Topliss-reactive ketones (excluding diaryl/α,β-unsaturated/α-hetero) is 1. The number of alkyl halides is 2. The van der Waals surface area contributed by atoms with Gasteiger partial charge in [0.1, 0.15) is 0 Å². The molecule has 0 aliphatic carbocycles. The van der Waals surface area contributed by atoms with Crippen molar-refractivity contribution in [1.82, 2.24) is 10.2 Å². The SMILES string of the molecule is CCOc1cc(CN(C)CC(=O)NC(Cc2ccccc2)C(C)=O)ccc1OC(F)F. The molecular formula is C23H28F2N2O4. The van der Waals surface area contributed by atoms with E-state index in [2.05, 4.69) is 10.1 Å². The Morgan fingerprint density at radius 1 is 1.06 bits per heavy atom. The molecular weight excluding hydrogens is 406 g/mol. The molecule has 0 aromatic heterocycles. The van der Waals surface area contributed by atoms with Crippen molar-refractivity contribution in [3.8, 4) is 11.5 Å². The molecule has 0 saturated carbocycles. The number of likely N-dealkylation sites (N-methyl/N-ethyl adjacent to an activating group) is 1. The third-order valence-corrected chi connectivity index (χ3v) is 4.50. The molecule has 0 heterocycles. The Bertz CT molecular complexity index is 862. The van der Waals surface area contributed by atoms with Crippen LogP contribution in [0.25, 0.3) is 0 Å². The fraction of sp³-hybridized carbons (Fsp3) is 0.391. The van der Waals surface area contributed by atoms with Crippen LogP contribution in [0.2, 0.25) is 0 Å². The van der Waals surface area contributed by atoms with E-state index in [0.717, 1.165) is 11.1 Å². The number of hydrogen-bond donors (Lipinski definition) is 1. The minimum Gasteiger partial charge on any atom is -0.490 e. The number of carbonyl (C=O) groups excluding carboxylic acids is 2. The van der Waals surface area contributed by atoms with Crippen molar-refractivity contribution in [2.75, 3.05) is 20.2 Å². The average molecular weight is 434 g/mol. The van der Waals surface area contributed by atoms with Gasteiger partial charge in [-0.1, -0.05) is 36.4 Å². The number of halogens is 2. The Labute approximate surface area is 181 Å². The molecule has 2 aromatic carbocycles. The van der Waals surface area contributed by atoms with E-state index in [1.165, 1.54) is 13.0 Å². The van der Waals surface area contributed by atoms with Gasteiger partial charge in [0.15, 0.2) is 17.3 Å². The van der Waals surface area contributed by atoms with Crippen molar-refractivity contribution in [2.45, 2.75) is 39.5 Å². The average Bonchev–Trinajstić information content (AvgIpc) is 2.70. The third kappa shape index (κ3) is 8.33. The monoisotopic (exact) mass is 434 g/mol. The maximum absolute atomic E-state index is 12.5. The molecule has 2 aromatic rings. The summed E-state index contributed by atoms with van der Waals surface area (Å²) >= 11 is 0. The lowest BCUT2D eigenvalue weighted by Crippen LogP contribution is -2.45. The number of nitrogens with zero attached hydrogens (tertiary/aromatic N) is 1. The summed E-state index contributed by atoms with van der Waals surface area (Å²) in [4.78, 5) is 26.2. The fourth-order valence-corrected chi connectivity index (χ4v) is 3.11. The van der Waals surface area contributed by atoms with Gasteiger partial charge in [-0.2, -0.15) is 8.78 Å². The molecule has 8 heteroatoms. The van der Waals surface area contributed by atoms with Crippen molar-refractivity contribution in [3.05, 3.63) is 59.7 Å². The molecule has 31 heavy (non-hydrogen) atoms. The first-order chi connectivity index (χ1) is 14.8. The van der Waals surface area contributed by atoms with Gasteiger partial charge in [0, 0.05) is 6.54 Å². The van der Waals surface area contributed by atoms with Crippen LogP contribution in [-0.2, 0) is 22.6 Å². The van der Waals surface area contributed by atoms with Crippen LogP contribution >= 0.6 is 0 Å². The summed E-state index contributed by atoms with van der Waals surface area (Å²) in [6.45, 7) is 1.01. The number of amides is 1. The second kappa shape index (κ2) is 12.0. The van der Waals surface area contributed by atoms with Crippen molar-refractivity contribution in [1.29, 1.82) is 0 Å². The number of ketones is 1. The molecule has 1 N–H and O–H groups in total. The van der Waals surface area contributed by atoms with Gasteiger partial charge in [-0.3, -0.25) is 14.5 Å². The standard InChI is InChI=1S/C23H28F2N2O4/c1-4-30-21-13-18(10-11-20(21)31-23(24)25)14-27(3)15-22(29)26-19(16(2)28)12-17-8-6-5-7-9-17/h5-11,13,19,23H,4,12,14-15H2,1-3H3,(H,26,29). The summed E-state index contributed by atoms with van der Waals surface area (Å²) in [6, 6.07) is 13.6. The van der Waals surface area contributed by atoms with Crippen molar-refractivity contribution in [3.63, 3.8) is 0 Å². The van der Waals surface area contributed by atoms with Crippen molar-refractivity contribution < 1.29 is 27.8 Å². The molecule has 0 spiro atoms. The number of hydrogen-bond acceptors (Lipinski definition) is 5. The Kier molecular flexibility index (Phi) is 9.40. The van der Waals surface area contributed by atoms with E-state index in [-0.39, 0.29) is 29.7 Å². The van der Waals surface area contributed by atoms with E-state index < -0.39 is 12.7 Å². The van der Waals surface area contributed by atoms with E-state index in [1.807, 2.05) is 30.3 Å². The second-order valence-electron chi connectivity index (χ2n) is 7.19. The van der Waals surface area contributed by atoms with Crippen LogP contribution in [0.5, 0.6) is 11.5 Å². The molecule has 0 aliphatic rings. The highest BCUT2D eigenvalue weighted by atomic mass is 19.3. The summed E-state index contributed by atoms with van der Waals surface area (Å²) in [5.74, 6) is -0.207. The maximum atomic E-state index is 12.5. The Hall–Kier alpha value is -3.00. The number of ether oxygens (including phenoxy) is 2. The summed E-state index contributed by atoms with van der Waals surface area (Å²) in [5, 5.41) is 2.79. The van der Waals surface area contributed by atoms with Crippen LogP contribution in [0.15, 0.2) is 48.5 Å². The van der Waals surface area contributed by atoms with Gasteiger partial charge in [0.2, 0.25) is 5.91 Å². The predicted octanol–water partition coefficient (Wildman–Crippen LogP) is 3.44. The number of nitrogens with one attached hydrogen (secondary N) is 1. The van der Waals surface area contributed by atoms with Gasteiger partial charge >= 0.3 is 6.61 Å². The number of carbonyl (C=O) groups is 2. The van der Waals surface area contributed by atoms with Crippen LogP contribution in [0, 0.1) is 0 Å². The first-order valence-corrected chi connectivity index (χ1v) is 10.0. The third-order valence-electron chi connectivity index (χ3n) is 4.50. The largest absolute Gasteiger partial charge is 0.490 e. The normalized spacial score (nSPS) is 12.0. The highest BCUT2D eigenvalue weighted by Crippen LogP contribution is 2.30. The molecule has 1 unspecified atom stereocenters. The molecule has 0 bridgehead atoms. The van der Waals surface area contributed by atoms with Crippen molar-refractivity contribution in [2.24, 2.45) is 0 Å². The van der Waals surface area contributed by atoms with Gasteiger partial charge in [0.25, 0.3) is 0 Å². The minimum absolute atomic E-state index is 0.0359. The molecule has 0 aliphatic heterocycles. The van der Waals surface area contributed by atoms with Gasteiger partial charge in [-0.15, -0.1) is 0 Å². The lowest BCUT2D eigenvalue weighted by atomic mass is 10.0. The first kappa shape index (κ1) is 24.3. The summed E-state index contributed by atoms with van der Waals surface area (Å²) in [6.07, 6.45) is 0.426. The smallest absolute Gasteiger partial charge is 0.387 e. The minimum atomic E-state index is -2.94. The van der Waals surface area contributed by atoms with Gasteiger partial charge in [-0.25, -0.2) is 0 Å². The van der Waals surface area contributed by atoms with Crippen LogP contribution in [0.3, 0.4) is 0 Å². The molecule has 6 nitrogen and oxygen atoms in total. The topological polar surface area (TPSA) is 67.9 Å². The lowest BCUT2D eigenvalue weighted by molar-refractivity contribution is -0.127. The summed E-state index contributed by atoms with van der Waals surface area (Å²) in [5.41, 5.74) is 1.73. The quantitative estimate of drug-likeness (QED) is 0.554. The van der Waals surface area contributed by atoms with Crippen LogP contribution < -0.4 is 14.8 Å². The molecule has 1 amide bonds. The van der Waals surface area contributed by atoms with Gasteiger partial charge in [0.05, 0.1) is 19.2 Å². The Morgan fingerprint density at radius 2 is 1.77 bits per heavy atom. The van der Waals surface area contributed by atoms with Crippen molar-refractivity contribution >= 4 is 11.7 Å². The molecule has 0 radical (unpaired) electrons. The predicted molar refractivity (Wildman–Crippen MR) is 113 cm³/mol. The van der Waals surface area contributed by atoms with E-state index in [0.29, 0.717) is 19.6 Å². The van der Waals surface area contributed by atoms with E-state index >= 15 is 0 Å². The van der Waals surface area contributed by atoms with Gasteiger partial charge < -0.3 is 14.8 Å². The molecule has 0 saturated heterocycles. The van der Waals surface area contributed by atoms with E-state index in [9.17, 15) is 18.4 Å². The number of rotatable bonds is 12. The second-order valence-corrected chi connectivity index (χ2v) is 7.19.